The predicted octanol–water partition coefficient (Wildman–Crippen LogP) is 1.50. The maximum absolute atomic E-state index is 11.7. The summed E-state index contributed by atoms with van der Waals surface area (Å²) in [5, 5.41) is 12.5. The molecule has 0 saturated carbocycles. The van der Waals surface area contributed by atoms with Crippen LogP contribution in [-0.4, -0.2) is 42.8 Å². The Hall–Kier alpha value is -1.79. The van der Waals surface area contributed by atoms with Crippen molar-refractivity contribution in [3.8, 4) is 5.75 Å². The third-order valence-corrected chi connectivity index (χ3v) is 3.30. The number of halogens is 1. The first-order chi connectivity index (χ1) is 10.1. The number of phenolic OH excluding ortho intramolecular Hbond substituents is 1. The first kappa shape index (κ1) is 15.6. The zero-order valence-electron chi connectivity index (χ0n) is 11.3. The number of rotatable bonds is 5. The zero-order chi connectivity index (χ0) is 15.2. The predicted molar refractivity (Wildman–Crippen MR) is 75.4 cm³/mol. The molecule has 0 aromatic heterocycles. The standard InChI is InChI=1S/C14H16ClNO5/c15-9-3-4-11(12(17)6-9)14(19)21-8-13(18)16-7-10-2-1-5-20-10/h3-4,6,10,17H,1-2,5,7-8H2,(H,16,18)/t10-/m0/s1. The van der Waals surface area contributed by atoms with E-state index in [1.165, 1.54) is 18.2 Å². The lowest BCUT2D eigenvalue weighted by Gasteiger charge is -2.11. The Morgan fingerprint density at radius 3 is 2.95 bits per heavy atom. The highest BCUT2D eigenvalue weighted by Gasteiger charge is 2.18. The van der Waals surface area contributed by atoms with Crippen LogP contribution in [0, 0.1) is 0 Å². The van der Waals surface area contributed by atoms with E-state index >= 15 is 0 Å². The van der Waals surface area contributed by atoms with Gasteiger partial charge < -0.3 is 19.9 Å². The quantitative estimate of drug-likeness (QED) is 0.805. The van der Waals surface area contributed by atoms with E-state index in [1.54, 1.807) is 0 Å². The second-order valence-corrected chi connectivity index (χ2v) is 5.11. The van der Waals surface area contributed by atoms with E-state index in [0.717, 1.165) is 12.8 Å². The molecule has 2 N–H and O–H groups in total. The van der Waals surface area contributed by atoms with Crippen LogP contribution in [0.2, 0.25) is 5.02 Å². The van der Waals surface area contributed by atoms with Gasteiger partial charge in [-0.1, -0.05) is 11.6 Å². The molecule has 1 atom stereocenters. The molecule has 21 heavy (non-hydrogen) atoms. The third-order valence-electron chi connectivity index (χ3n) is 3.06. The van der Waals surface area contributed by atoms with Gasteiger partial charge in [0.25, 0.3) is 5.91 Å². The lowest BCUT2D eigenvalue weighted by Crippen LogP contribution is -2.34. The molecule has 1 amide bonds. The van der Waals surface area contributed by atoms with Crippen molar-refractivity contribution in [1.29, 1.82) is 0 Å². The van der Waals surface area contributed by atoms with E-state index < -0.39 is 18.5 Å². The number of amides is 1. The summed E-state index contributed by atoms with van der Waals surface area (Å²) in [7, 11) is 0. The van der Waals surface area contributed by atoms with Gasteiger partial charge in [0.15, 0.2) is 6.61 Å². The van der Waals surface area contributed by atoms with Gasteiger partial charge in [0, 0.05) is 18.2 Å². The topological polar surface area (TPSA) is 84.9 Å². The SMILES string of the molecule is O=C(COC(=O)c1ccc(Cl)cc1O)NC[C@@H]1CCCO1. The first-order valence-electron chi connectivity index (χ1n) is 6.60. The van der Waals surface area contributed by atoms with Crippen LogP contribution in [0.3, 0.4) is 0 Å². The minimum atomic E-state index is -0.781. The number of ether oxygens (including phenoxy) is 2. The van der Waals surface area contributed by atoms with Gasteiger partial charge in [0.1, 0.15) is 11.3 Å². The summed E-state index contributed by atoms with van der Waals surface area (Å²) in [6.45, 7) is 0.710. The molecule has 1 aliphatic heterocycles. The van der Waals surface area contributed by atoms with E-state index in [0.29, 0.717) is 18.2 Å². The molecule has 1 saturated heterocycles. The van der Waals surface area contributed by atoms with Crippen LogP contribution in [-0.2, 0) is 14.3 Å². The molecule has 1 heterocycles. The summed E-state index contributed by atoms with van der Waals surface area (Å²) < 4.78 is 10.2. The van der Waals surface area contributed by atoms with Crippen molar-refractivity contribution >= 4 is 23.5 Å². The lowest BCUT2D eigenvalue weighted by molar-refractivity contribution is -0.124. The lowest BCUT2D eigenvalue weighted by atomic mass is 10.2. The van der Waals surface area contributed by atoms with Gasteiger partial charge in [0.2, 0.25) is 0 Å². The molecule has 1 fully saturated rings. The van der Waals surface area contributed by atoms with Crippen LogP contribution in [0.15, 0.2) is 18.2 Å². The van der Waals surface area contributed by atoms with E-state index in [4.69, 9.17) is 21.1 Å². The van der Waals surface area contributed by atoms with Crippen molar-refractivity contribution in [2.24, 2.45) is 0 Å². The molecule has 0 unspecified atom stereocenters. The molecule has 2 rings (SSSR count). The van der Waals surface area contributed by atoms with Crippen LogP contribution in [0.25, 0.3) is 0 Å². The van der Waals surface area contributed by atoms with E-state index in [1.807, 2.05) is 0 Å². The Kier molecular flexibility index (Phi) is 5.41. The fourth-order valence-electron chi connectivity index (χ4n) is 1.97. The maximum Gasteiger partial charge on any atom is 0.342 e. The zero-order valence-corrected chi connectivity index (χ0v) is 12.1. The van der Waals surface area contributed by atoms with E-state index in [9.17, 15) is 14.7 Å². The molecule has 114 valence electrons. The minimum Gasteiger partial charge on any atom is -0.507 e. The fraction of sp³-hybridized carbons (Fsp3) is 0.429. The molecule has 6 nitrogen and oxygen atoms in total. The van der Waals surface area contributed by atoms with Gasteiger partial charge in [0.05, 0.1) is 6.10 Å². The number of benzene rings is 1. The second-order valence-electron chi connectivity index (χ2n) is 4.68. The summed E-state index contributed by atoms with van der Waals surface area (Å²) in [6.07, 6.45) is 1.94. The first-order valence-corrected chi connectivity index (χ1v) is 6.98. The van der Waals surface area contributed by atoms with Crippen LogP contribution in [0.1, 0.15) is 23.2 Å². The van der Waals surface area contributed by atoms with Gasteiger partial charge in [-0.05, 0) is 31.0 Å². The van der Waals surface area contributed by atoms with Gasteiger partial charge in [-0.25, -0.2) is 4.79 Å². The van der Waals surface area contributed by atoms with Crippen molar-refractivity contribution < 1.29 is 24.2 Å². The van der Waals surface area contributed by atoms with Crippen LogP contribution in [0.4, 0.5) is 0 Å². The number of carbonyl (C=O) groups is 2. The number of esters is 1. The molecule has 0 bridgehead atoms. The molecule has 1 aromatic carbocycles. The molecule has 1 aromatic rings. The third kappa shape index (κ3) is 4.61. The molecule has 7 heteroatoms. The largest absolute Gasteiger partial charge is 0.507 e. The number of carbonyl (C=O) groups excluding carboxylic acids is 2. The molecule has 0 aliphatic carbocycles. The Bertz CT molecular complexity index is 528. The highest BCUT2D eigenvalue weighted by Crippen LogP contribution is 2.22. The maximum atomic E-state index is 11.7. The van der Waals surface area contributed by atoms with E-state index in [2.05, 4.69) is 5.32 Å². The van der Waals surface area contributed by atoms with E-state index in [-0.39, 0.29) is 17.4 Å². The highest BCUT2D eigenvalue weighted by atomic mass is 35.5. The Labute approximate surface area is 127 Å². The normalized spacial score (nSPS) is 17.5. The van der Waals surface area contributed by atoms with Crippen LogP contribution < -0.4 is 5.32 Å². The van der Waals surface area contributed by atoms with Gasteiger partial charge in [-0.2, -0.15) is 0 Å². The highest BCUT2D eigenvalue weighted by molar-refractivity contribution is 6.30. The van der Waals surface area contributed by atoms with Crippen molar-refractivity contribution in [3.05, 3.63) is 28.8 Å². The molecule has 0 radical (unpaired) electrons. The number of phenols is 1. The summed E-state index contributed by atoms with van der Waals surface area (Å²) in [5.41, 5.74) is -0.0358. The van der Waals surface area contributed by atoms with Crippen molar-refractivity contribution in [2.45, 2.75) is 18.9 Å². The van der Waals surface area contributed by atoms with Crippen LogP contribution >= 0.6 is 11.6 Å². The average molecular weight is 314 g/mol. The Morgan fingerprint density at radius 1 is 1.48 bits per heavy atom. The number of hydrogen-bond donors (Lipinski definition) is 2. The van der Waals surface area contributed by atoms with Gasteiger partial charge in [-0.3, -0.25) is 4.79 Å². The smallest absolute Gasteiger partial charge is 0.342 e. The monoisotopic (exact) mass is 313 g/mol. The van der Waals surface area contributed by atoms with Crippen molar-refractivity contribution in [3.63, 3.8) is 0 Å². The summed E-state index contributed by atoms with van der Waals surface area (Å²) >= 11 is 5.66. The molecular weight excluding hydrogens is 298 g/mol. The Morgan fingerprint density at radius 2 is 2.29 bits per heavy atom. The summed E-state index contributed by atoms with van der Waals surface area (Å²) in [6, 6.07) is 4.02. The minimum absolute atomic E-state index is 0.0324. The number of aromatic hydroxyl groups is 1. The number of nitrogens with one attached hydrogen (secondary N) is 1. The molecule has 1 aliphatic rings. The van der Waals surface area contributed by atoms with Crippen molar-refractivity contribution in [1.82, 2.24) is 5.32 Å². The second kappa shape index (κ2) is 7.28. The Balaban J connectivity index is 1.76. The van der Waals surface area contributed by atoms with Crippen molar-refractivity contribution in [2.75, 3.05) is 19.8 Å². The molecule has 0 spiro atoms. The fourth-order valence-corrected chi connectivity index (χ4v) is 2.14. The number of hydrogen-bond acceptors (Lipinski definition) is 5. The van der Waals surface area contributed by atoms with Crippen LogP contribution in [0.5, 0.6) is 5.75 Å². The van der Waals surface area contributed by atoms with Gasteiger partial charge >= 0.3 is 5.97 Å². The van der Waals surface area contributed by atoms with Gasteiger partial charge in [-0.15, -0.1) is 0 Å². The summed E-state index contributed by atoms with van der Waals surface area (Å²) in [5.74, 6) is -1.48. The molecular formula is C14H16ClNO5. The summed E-state index contributed by atoms with van der Waals surface area (Å²) in [4.78, 5) is 23.3. The average Bonchev–Trinajstić information content (AvgIpc) is 2.95.